The number of amides is 1. The number of thiazole rings is 1. The zero-order valence-electron chi connectivity index (χ0n) is 8.92. The Bertz CT molecular complexity index is 407. The molecule has 1 aromatic rings. The molecule has 8 heteroatoms. The Hall–Kier alpha value is -1.67. The lowest BCUT2D eigenvalue weighted by atomic mass is 10.2. The second kappa shape index (κ2) is 6.16. The molecule has 0 aliphatic carbocycles. The van der Waals surface area contributed by atoms with Gasteiger partial charge < -0.3 is 21.3 Å². The van der Waals surface area contributed by atoms with Crippen LogP contribution < -0.4 is 11.1 Å². The SMILES string of the molecule is Nc1nc(CC(=O)N[C@H](CCO)C(=O)O)cs1. The summed E-state index contributed by atoms with van der Waals surface area (Å²) in [5.41, 5.74) is 5.90. The molecular weight excluding hydrogens is 246 g/mol. The van der Waals surface area contributed by atoms with Crippen LogP contribution in [0.3, 0.4) is 0 Å². The fourth-order valence-electron chi connectivity index (χ4n) is 1.20. The molecule has 1 atom stereocenters. The molecule has 0 aromatic carbocycles. The van der Waals surface area contributed by atoms with Crippen LogP contribution in [0.2, 0.25) is 0 Å². The third-order valence-electron chi connectivity index (χ3n) is 1.96. The minimum atomic E-state index is -1.18. The molecule has 0 saturated heterocycles. The van der Waals surface area contributed by atoms with Crippen LogP contribution in [0.1, 0.15) is 12.1 Å². The maximum atomic E-state index is 11.5. The van der Waals surface area contributed by atoms with E-state index in [4.69, 9.17) is 15.9 Å². The molecule has 1 rings (SSSR count). The van der Waals surface area contributed by atoms with Crippen molar-refractivity contribution in [3.63, 3.8) is 0 Å². The number of carbonyl (C=O) groups excluding carboxylic acids is 1. The second-order valence-corrected chi connectivity index (χ2v) is 4.21. The number of anilines is 1. The van der Waals surface area contributed by atoms with Gasteiger partial charge in [0.15, 0.2) is 5.13 Å². The van der Waals surface area contributed by atoms with Crippen LogP contribution >= 0.6 is 11.3 Å². The van der Waals surface area contributed by atoms with Gasteiger partial charge in [-0.15, -0.1) is 11.3 Å². The Morgan fingerprint density at radius 3 is 2.76 bits per heavy atom. The molecule has 17 heavy (non-hydrogen) atoms. The summed E-state index contributed by atoms with van der Waals surface area (Å²) in [6.07, 6.45) is -0.0524. The quantitative estimate of drug-likeness (QED) is 0.531. The summed E-state index contributed by atoms with van der Waals surface area (Å²) in [5.74, 6) is -1.64. The van der Waals surface area contributed by atoms with Crippen molar-refractivity contribution in [2.24, 2.45) is 0 Å². The molecule has 1 heterocycles. The summed E-state index contributed by atoms with van der Waals surface area (Å²) in [4.78, 5) is 26.1. The van der Waals surface area contributed by atoms with Gasteiger partial charge in [0.2, 0.25) is 5.91 Å². The van der Waals surface area contributed by atoms with Crippen molar-refractivity contribution >= 4 is 28.3 Å². The summed E-state index contributed by atoms with van der Waals surface area (Å²) in [6.45, 7) is -0.305. The molecule has 94 valence electrons. The summed E-state index contributed by atoms with van der Waals surface area (Å²) in [5, 5.41) is 21.7. The number of aliphatic hydroxyl groups excluding tert-OH is 1. The molecule has 0 bridgehead atoms. The van der Waals surface area contributed by atoms with Crippen LogP contribution in [0.15, 0.2) is 5.38 Å². The van der Waals surface area contributed by atoms with Gasteiger partial charge in [-0.1, -0.05) is 0 Å². The predicted octanol–water partition coefficient (Wildman–Crippen LogP) is -0.780. The van der Waals surface area contributed by atoms with Crippen molar-refractivity contribution in [3.05, 3.63) is 11.1 Å². The second-order valence-electron chi connectivity index (χ2n) is 3.32. The lowest BCUT2D eigenvalue weighted by molar-refractivity contribution is -0.142. The zero-order chi connectivity index (χ0) is 12.8. The number of carboxylic acids is 1. The number of nitrogens with two attached hydrogens (primary N) is 1. The molecule has 7 nitrogen and oxygen atoms in total. The molecule has 0 radical (unpaired) electrons. The number of hydrogen-bond donors (Lipinski definition) is 4. The Balaban J connectivity index is 2.50. The van der Waals surface area contributed by atoms with Gasteiger partial charge in [0.25, 0.3) is 0 Å². The highest BCUT2D eigenvalue weighted by Gasteiger charge is 2.19. The summed E-state index contributed by atoms with van der Waals surface area (Å²) >= 11 is 1.21. The van der Waals surface area contributed by atoms with E-state index in [-0.39, 0.29) is 19.4 Å². The Labute approximate surface area is 101 Å². The monoisotopic (exact) mass is 259 g/mol. The van der Waals surface area contributed by atoms with Crippen molar-refractivity contribution in [1.29, 1.82) is 0 Å². The van der Waals surface area contributed by atoms with Gasteiger partial charge in [0.05, 0.1) is 12.1 Å². The lowest BCUT2D eigenvalue weighted by Crippen LogP contribution is -2.42. The van der Waals surface area contributed by atoms with Gasteiger partial charge in [0, 0.05) is 18.4 Å². The highest BCUT2D eigenvalue weighted by Crippen LogP contribution is 2.11. The number of aliphatic hydroxyl groups is 1. The number of nitrogens with zero attached hydrogens (tertiary/aromatic N) is 1. The highest BCUT2D eigenvalue weighted by atomic mass is 32.1. The smallest absolute Gasteiger partial charge is 0.326 e. The van der Waals surface area contributed by atoms with Crippen LogP contribution in [0.25, 0.3) is 0 Å². The van der Waals surface area contributed by atoms with Gasteiger partial charge in [0.1, 0.15) is 6.04 Å². The van der Waals surface area contributed by atoms with Gasteiger partial charge >= 0.3 is 5.97 Å². The first-order valence-electron chi connectivity index (χ1n) is 4.86. The fourth-order valence-corrected chi connectivity index (χ4v) is 1.76. The summed E-state index contributed by atoms with van der Waals surface area (Å²) in [7, 11) is 0. The Morgan fingerprint density at radius 2 is 2.29 bits per heavy atom. The number of aromatic nitrogens is 1. The van der Waals surface area contributed by atoms with Crippen LogP contribution in [-0.2, 0) is 16.0 Å². The van der Waals surface area contributed by atoms with Crippen molar-refractivity contribution in [2.75, 3.05) is 12.3 Å². The molecule has 0 spiro atoms. The molecule has 0 aliphatic rings. The van der Waals surface area contributed by atoms with E-state index < -0.39 is 17.9 Å². The number of hydrogen-bond acceptors (Lipinski definition) is 6. The number of nitrogens with one attached hydrogen (secondary N) is 1. The van der Waals surface area contributed by atoms with E-state index in [1.165, 1.54) is 11.3 Å². The third-order valence-corrected chi connectivity index (χ3v) is 2.68. The first-order chi connectivity index (χ1) is 8.02. The molecular formula is C9H13N3O4S. The minimum Gasteiger partial charge on any atom is -0.480 e. The number of aliphatic carboxylic acids is 1. The number of nitrogen functional groups attached to an aromatic ring is 1. The van der Waals surface area contributed by atoms with E-state index in [1.54, 1.807) is 5.38 Å². The van der Waals surface area contributed by atoms with Crippen LogP contribution in [-0.4, -0.2) is 39.7 Å². The highest BCUT2D eigenvalue weighted by molar-refractivity contribution is 7.13. The topological polar surface area (TPSA) is 126 Å². The van der Waals surface area contributed by atoms with E-state index in [1.807, 2.05) is 0 Å². The van der Waals surface area contributed by atoms with Gasteiger partial charge in [-0.3, -0.25) is 4.79 Å². The first-order valence-corrected chi connectivity index (χ1v) is 5.73. The van der Waals surface area contributed by atoms with Gasteiger partial charge in [-0.25, -0.2) is 9.78 Å². The zero-order valence-corrected chi connectivity index (χ0v) is 9.74. The predicted molar refractivity (Wildman–Crippen MR) is 61.5 cm³/mol. The molecule has 1 aromatic heterocycles. The number of rotatable bonds is 6. The van der Waals surface area contributed by atoms with Gasteiger partial charge in [-0.05, 0) is 0 Å². The molecule has 5 N–H and O–H groups in total. The van der Waals surface area contributed by atoms with E-state index in [2.05, 4.69) is 10.3 Å². The molecule has 0 aliphatic heterocycles. The average molecular weight is 259 g/mol. The molecule has 0 unspecified atom stereocenters. The largest absolute Gasteiger partial charge is 0.480 e. The minimum absolute atomic E-state index is 0.0249. The van der Waals surface area contributed by atoms with Crippen LogP contribution in [0, 0.1) is 0 Å². The van der Waals surface area contributed by atoms with Crippen molar-refractivity contribution in [3.8, 4) is 0 Å². The maximum Gasteiger partial charge on any atom is 0.326 e. The van der Waals surface area contributed by atoms with Crippen molar-refractivity contribution in [2.45, 2.75) is 18.9 Å². The first kappa shape index (κ1) is 13.4. The molecule has 1 amide bonds. The number of carboxylic acid groups (broad SMARTS) is 1. The average Bonchev–Trinajstić information content (AvgIpc) is 2.63. The Morgan fingerprint density at radius 1 is 1.59 bits per heavy atom. The van der Waals surface area contributed by atoms with E-state index in [0.717, 1.165) is 0 Å². The standard InChI is InChI=1S/C9H13N3O4S/c10-9-11-5(4-17-9)3-7(14)12-6(1-2-13)8(15)16/h4,6,13H,1-3H2,(H2,10,11)(H,12,14)(H,15,16)/t6-/m1/s1. The van der Waals surface area contributed by atoms with E-state index in [0.29, 0.717) is 10.8 Å². The normalized spacial score (nSPS) is 12.1. The van der Waals surface area contributed by atoms with Crippen molar-refractivity contribution < 1.29 is 19.8 Å². The maximum absolute atomic E-state index is 11.5. The van der Waals surface area contributed by atoms with Crippen molar-refractivity contribution in [1.82, 2.24) is 10.3 Å². The molecule has 0 fully saturated rings. The van der Waals surface area contributed by atoms with E-state index in [9.17, 15) is 9.59 Å². The van der Waals surface area contributed by atoms with Crippen LogP contribution in [0.5, 0.6) is 0 Å². The van der Waals surface area contributed by atoms with Crippen LogP contribution in [0.4, 0.5) is 5.13 Å². The summed E-state index contributed by atoms with van der Waals surface area (Å²) in [6, 6.07) is -1.08. The van der Waals surface area contributed by atoms with E-state index >= 15 is 0 Å². The summed E-state index contributed by atoms with van der Waals surface area (Å²) < 4.78 is 0. The van der Waals surface area contributed by atoms with Gasteiger partial charge in [-0.2, -0.15) is 0 Å². The fraction of sp³-hybridized carbons (Fsp3) is 0.444. The Kier molecular flexibility index (Phi) is 4.85. The number of carbonyl (C=O) groups is 2. The molecule has 0 saturated carbocycles. The lowest BCUT2D eigenvalue weighted by Gasteiger charge is -2.12. The third kappa shape index (κ3) is 4.37.